The molecule has 0 saturated carbocycles. The Morgan fingerprint density at radius 2 is 2.23 bits per heavy atom. The smallest absolute Gasteiger partial charge is 0.0994 e. The normalized spacial score (nSPS) is 14.2. The van der Waals surface area contributed by atoms with Crippen molar-refractivity contribution >= 4 is 11.3 Å². The molecule has 2 nitrogen and oxygen atoms in total. The summed E-state index contributed by atoms with van der Waals surface area (Å²) in [6.07, 6.45) is 3.92. The molecule has 2 rings (SSSR count). The third kappa shape index (κ3) is 1.29. The number of nitrogens with two attached hydrogens (primary N) is 1. The van der Waals surface area contributed by atoms with E-state index < -0.39 is 0 Å². The van der Waals surface area contributed by atoms with E-state index >= 15 is 0 Å². The van der Waals surface area contributed by atoms with Crippen molar-refractivity contribution in [1.82, 2.24) is 0 Å². The summed E-state index contributed by atoms with van der Waals surface area (Å²) in [6, 6.07) is 7.93. The maximum absolute atomic E-state index is 8.86. The van der Waals surface area contributed by atoms with Gasteiger partial charge < -0.3 is 5.73 Å². The van der Waals surface area contributed by atoms with Gasteiger partial charge in [0.05, 0.1) is 11.6 Å². The van der Waals surface area contributed by atoms with Gasteiger partial charge in [-0.1, -0.05) is 12.1 Å². The van der Waals surface area contributed by atoms with E-state index in [-0.39, 0.29) is 0 Å². The van der Waals surface area contributed by atoms with Crippen LogP contribution >= 0.6 is 0 Å². The second-order valence-electron chi connectivity index (χ2n) is 3.18. The summed E-state index contributed by atoms with van der Waals surface area (Å²) in [6.45, 7) is 0. The number of aryl methyl sites for hydroxylation is 1. The average molecular weight is 170 g/mol. The number of nitriles is 1. The number of benzene rings is 1. The molecule has 0 fully saturated rings. The quantitative estimate of drug-likeness (QED) is 0.606. The van der Waals surface area contributed by atoms with Crippen LogP contribution < -0.4 is 5.73 Å². The van der Waals surface area contributed by atoms with Crippen LogP contribution in [-0.2, 0) is 6.42 Å². The van der Waals surface area contributed by atoms with E-state index in [1.54, 1.807) is 0 Å². The minimum Gasteiger partial charge on any atom is -0.399 e. The summed E-state index contributed by atoms with van der Waals surface area (Å²) >= 11 is 0. The molecule has 0 spiro atoms. The van der Waals surface area contributed by atoms with Gasteiger partial charge >= 0.3 is 0 Å². The molecule has 2 N–H and O–H groups in total. The number of hydrogen-bond donors (Lipinski definition) is 1. The molecular formula is C11H10N2. The van der Waals surface area contributed by atoms with Gasteiger partial charge in [0.1, 0.15) is 0 Å². The SMILES string of the molecule is N#CC1=CCCc2cc(N)ccc21. The average Bonchev–Trinajstić information content (AvgIpc) is 2.16. The number of nitrogens with zero attached hydrogens (tertiary/aromatic N) is 1. The number of nitrogen functional groups attached to an aromatic ring is 1. The maximum Gasteiger partial charge on any atom is 0.0994 e. The molecule has 0 heterocycles. The Morgan fingerprint density at radius 3 is 3.00 bits per heavy atom. The van der Waals surface area contributed by atoms with Gasteiger partial charge in [-0.25, -0.2) is 0 Å². The van der Waals surface area contributed by atoms with Crippen molar-refractivity contribution in [3.63, 3.8) is 0 Å². The second-order valence-corrected chi connectivity index (χ2v) is 3.18. The van der Waals surface area contributed by atoms with Gasteiger partial charge in [-0.15, -0.1) is 0 Å². The number of fused-ring (bicyclic) bond motifs is 1. The summed E-state index contributed by atoms with van der Waals surface area (Å²) < 4.78 is 0. The highest BCUT2D eigenvalue weighted by molar-refractivity contribution is 5.80. The minimum absolute atomic E-state index is 0.776. The molecule has 13 heavy (non-hydrogen) atoms. The third-order valence-corrected chi connectivity index (χ3v) is 2.30. The molecule has 1 aliphatic carbocycles. The molecule has 64 valence electrons. The zero-order chi connectivity index (χ0) is 9.26. The zero-order valence-electron chi connectivity index (χ0n) is 7.25. The van der Waals surface area contributed by atoms with Crippen LogP contribution in [0.2, 0.25) is 0 Å². The Balaban J connectivity index is 2.57. The van der Waals surface area contributed by atoms with Gasteiger partial charge in [0, 0.05) is 5.69 Å². The summed E-state index contributed by atoms with van der Waals surface area (Å²) in [5.41, 5.74) is 9.46. The van der Waals surface area contributed by atoms with Crippen LogP contribution in [0.5, 0.6) is 0 Å². The van der Waals surface area contributed by atoms with Crippen molar-refractivity contribution in [3.8, 4) is 6.07 Å². The highest BCUT2D eigenvalue weighted by Crippen LogP contribution is 2.27. The molecule has 2 heteroatoms. The number of anilines is 1. The lowest BCUT2D eigenvalue weighted by atomic mass is 9.91. The fourth-order valence-corrected chi connectivity index (χ4v) is 1.67. The van der Waals surface area contributed by atoms with Gasteiger partial charge in [0.2, 0.25) is 0 Å². The number of hydrogen-bond acceptors (Lipinski definition) is 2. The fourth-order valence-electron chi connectivity index (χ4n) is 1.67. The van der Waals surface area contributed by atoms with Crippen molar-refractivity contribution in [1.29, 1.82) is 5.26 Å². The Kier molecular flexibility index (Phi) is 1.79. The van der Waals surface area contributed by atoms with E-state index in [2.05, 4.69) is 6.07 Å². The Hall–Kier alpha value is -1.75. The van der Waals surface area contributed by atoms with Gasteiger partial charge in [-0.3, -0.25) is 0 Å². The monoisotopic (exact) mass is 170 g/mol. The predicted molar refractivity (Wildman–Crippen MR) is 52.8 cm³/mol. The van der Waals surface area contributed by atoms with E-state index in [1.165, 1.54) is 5.56 Å². The lowest BCUT2D eigenvalue weighted by Gasteiger charge is -2.13. The number of rotatable bonds is 0. The molecule has 0 bridgehead atoms. The highest BCUT2D eigenvalue weighted by Gasteiger charge is 2.11. The molecule has 0 atom stereocenters. The van der Waals surface area contributed by atoms with E-state index in [9.17, 15) is 0 Å². The van der Waals surface area contributed by atoms with E-state index in [1.807, 2.05) is 24.3 Å². The lowest BCUT2D eigenvalue weighted by Crippen LogP contribution is -1.99. The summed E-state index contributed by atoms with van der Waals surface area (Å²) in [4.78, 5) is 0. The van der Waals surface area contributed by atoms with E-state index in [4.69, 9.17) is 11.0 Å². The number of allylic oxidation sites excluding steroid dienone is 2. The van der Waals surface area contributed by atoms with Crippen LogP contribution in [0.25, 0.3) is 5.57 Å². The molecule has 1 aliphatic rings. The van der Waals surface area contributed by atoms with E-state index in [0.29, 0.717) is 0 Å². The topological polar surface area (TPSA) is 49.8 Å². The first-order chi connectivity index (χ1) is 6.31. The Morgan fingerprint density at radius 1 is 1.38 bits per heavy atom. The van der Waals surface area contributed by atoms with Gasteiger partial charge in [-0.2, -0.15) is 5.26 Å². The molecular weight excluding hydrogens is 160 g/mol. The van der Waals surface area contributed by atoms with Crippen molar-refractivity contribution < 1.29 is 0 Å². The van der Waals surface area contributed by atoms with Gasteiger partial charge in [0.25, 0.3) is 0 Å². The molecule has 1 aromatic rings. The molecule has 0 unspecified atom stereocenters. The van der Waals surface area contributed by atoms with Crippen molar-refractivity contribution in [2.75, 3.05) is 5.73 Å². The van der Waals surface area contributed by atoms with Crippen LogP contribution in [0.3, 0.4) is 0 Å². The predicted octanol–water partition coefficient (Wildman–Crippen LogP) is 2.12. The first kappa shape index (κ1) is 7.88. The summed E-state index contributed by atoms with van der Waals surface area (Å²) in [5.74, 6) is 0. The molecule has 0 radical (unpaired) electrons. The molecule has 0 aliphatic heterocycles. The van der Waals surface area contributed by atoms with Crippen LogP contribution in [0, 0.1) is 11.3 Å². The maximum atomic E-state index is 8.86. The second kappa shape index (κ2) is 2.95. The molecule has 0 saturated heterocycles. The largest absolute Gasteiger partial charge is 0.399 e. The highest BCUT2D eigenvalue weighted by atomic mass is 14.5. The molecule has 0 amide bonds. The van der Waals surface area contributed by atoms with E-state index in [0.717, 1.165) is 29.7 Å². The summed E-state index contributed by atoms with van der Waals surface area (Å²) in [5, 5.41) is 8.86. The Labute approximate surface area is 77.3 Å². The Bertz CT molecular complexity index is 411. The standard InChI is InChI=1S/C11H10N2/c12-7-9-3-1-2-8-6-10(13)4-5-11(8)9/h3-6H,1-2,13H2. The van der Waals surface area contributed by atoms with Crippen molar-refractivity contribution in [2.24, 2.45) is 0 Å². The minimum atomic E-state index is 0.776. The molecule has 0 aromatic heterocycles. The molecule has 1 aromatic carbocycles. The lowest BCUT2D eigenvalue weighted by molar-refractivity contribution is 0.981. The van der Waals surface area contributed by atoms with Crippen LogP contribution in [-0.4, -0.2) is 0 Å². The third-order valence-electron chi connectivity index (χ3n) is 2.30. The summed E-state index contributed by atoms with van der Waals surface area (Å²) in [7, 11) is 0. The first-order valence-corrected chi connectivity index (χ1v) is 4.30. The van der Waals surface area contributed by atoms with Crippen molar-refractivity contribution in [3.05, 3.63) is 35.4 Å². The zero-order valence-corrected chi connectivity index (χ0v) is 7.25. The van der Waals surface area contributed by atoms with Gasteiger partial charge in [-0.05, 0) is 36.1 Å². The van der Waals surface area contributed by atoms with Crippen LogP contribution in [0.4, 0.5) is 5.69 Å². The van der Waals surface area contributed by atoms with Crippen LogP contribution in [0.1, 0.15) is 17.5 Å². The fraction of sp³-hybridized carbons (Fsp3) is 0.182. The van der Waals surface area contributed by atoms with Crippen molar-refractivity contribution in [2.45, 2.75) is 12.8 Å². The van der Waals surface area contributed by atoms with Crippen LogP contribution in [0.15, 0.2) is 24.3 Å². The first-order valence-electron chi connectivity index (χ1n) is 4.30. The van der Waals surface area contributed by atoms with Gasteiger partial charge in [0.15, 0.2) is 0 Å².